The summed E-state index contributed by atoms with van der Waals surface area (Å²) in [6.07, 6.45) is 1.79. The van der Waals surface area contributed by atoms with Crippen LogP contribution in [0.5, 0.6) is 5.75 Å². The predicted molar refractivity (Wildman–Crippen MR) is 63.4 cm³/mol. The topological polar surface area (TPSA) is 49.3 Å². The summed E-state index contributed by atoms with van der Waals surface area (Å²) in [4.78, 5) is 11.8. The number of amides is 1. The van der Waals surface area contributed by atoms with E-state index in [2.05, 4.69) is 12.2 Å². The summed E-state index contributed by atoms with van der Waals surface area (Å²) >= 11 is 0. The fourth-order valence-corrected chi connectivity index (χ4v) is 1.91. The fourth-order valence-electron chi connectivity index (χ4n) is 1.91. The molecule has 86 valence electrons. The lowest BCUT2D eigenvalue weighted by atomic mass is 10.1. The van der Waals surface area contributed by atoms with Crippen LogP contribution in [0.25, 0.3) is 0 Å². The van der Waals surface area contributed by atoms with E-state index in [0.717, 1.165) is 24.1 Å². The van der Waals surface area contributed by atoms with Gasteiger partial charge >= 0.3 is 0 Å². The quantitative estimate of drug-likeness (QED) is 0.767. The first-order chi connectivity index (χ1) is 7.61. The van der Waals surface area contributed by atoms with Crippen molar-refractivity contribution < 1.29 is 9.90 Å². The third-order valence-electron chi connectivity index (χ3n) is 3.17. The molecule has 2 rings (SSSR count). The van der Waals surface area contributed by atoms with Gasteiger partial charge in [0.1, 0.15) is 5.75 Å². The Morgan fingerprint density at radius 3 is 2.81 bits per heavy atom. The van der Waals surface area contributed by atoms with Crippen LogP contribution in [0.3, 0.4) is 0 Å². The second kappa shape index (κ2) is 4.16. The summed E-state index contributed by atoms with van der Waals surface area (Å²) in [7, 11) is 0. The van der Waals surface area contributed by atoms with E-state index in [1.165, 1.54) is 0 Å². The Morgan fingerprint density at radius 2 is 2.25 bits per heavy atom. The molecular formula is C13H17NO2. The Labute approximate surface area is 95.5 Å². The number of carbonyl (C=O) groups is 1. The van der Waals surface area contributed by atoms with E-state index in [4.69, 9.17) is 0 Å². The lowest BCUT2D eigenvalue weighted by Gasteiger charge is -2.10. The zero-order chi connectivity index (χ0) is 11.7. The number of anilines is 1. The van der Waals surface area contributed by atoms with E-state index < -0.39 is 0 Å². The molecule has 0 spiro atoms. The number of phenolic OH excluding ortho intramolecular Hbond substituents is 1. The van der Waals surface area contributed by atoms with Crippen LogP contribution in [-0.2, 0) is 11.2 Å². The SMILES string of the molecule is CCc1cc(O)ccc1NC(=O)[C@H]1C[C@H]1C. The van der Waals surface area contributed by atoms with Crippen LogP contribution in [-0.4, -0.2) is 11.0 Å². The van der Waals surface area contributed by atoms with Crippen molar-refractivity contribution in [2.24, 2.45) is 11.8 Å². The molecule has 1 aliphatic carbocycles. The van der Waals surface area contributed by atoms with Crippen LogP contribution < -0.4 is 5.32 Å². The third-order valence-corrected chi connectivity index (χ3v) is 3.17. The molecule has 1 aromatic rings. The summed E-state index contributed by atoms with van der Waals surface area (Å²) in [5.74, 6) is 1.04. The molecule has 0 bridgehead atoms. The van der Waals surface area contributed by atoms with Gasteiger partial charge in [0.15, 0.2) is 0 Å². The molecule has 16 heavy (non-hydrogen) atoms. The Bertz CT molecular complexity index is 414. The number of benzene rings is 1. The molecule has 0 aromatic heterocycles. The number of aromatic hydroxyl groups is 1. The van der Waals surface area contributed by atoms with Crippen molar-refractivity contribution >= 4 is 11.6 Å². The maximum atomic E-state index is 11.8. The zero-order valence-electron chi connectivity index (χ0n) is 9.66. The number of hydrogen-bond donors (Lipinski definition) is 2. The Morgan fingerprint density at radius 1 is 1.56 bits per heavy atom. The second-order valence-corrected chi connectivity index (χ2v) is 4.50. The molecule has 0 radical (unpaired) electrons. The molecule has 0 saturated heterocycles. The molecule has 0 heterocycles. The number of carbonyl (C=O) groups excluding carboxylic acids is 1. The van der Waals surface area contributed by atoms with Gasteiger partial charge in [-0.05, 0) is 42.5 Å². The van der Waals surface area contributed by atoms with Crippen molar-refractivity contribution in [1.82, 2.24) is 0 Å². The van der Waals surface area contributed by atoms with Crippen LogP contribution >= 0.6 is 0 Å². The molecule has 1 fully saturated rings. The largest absolute Gasteiger partial charge is 0.508 e. The highest BCUT2D eigenvalue weighted by molar-refractivity contribution is 5.95. The van der Waals surface area contributed by atoms with Gasteiger partial charge in [0.05, 0.1) is 0 Å². The Kier molecular flexibility index (Phi) is 2.86. The van der Waals surface area contributed by atoms with Crippen molar-refractivity contribution in [3.05, 3.63) is 23.8 Å². The van der Waals surface area contributed by atoms with Crippen molar-refractivity contribution in [2.45, 2.75) is 26.7 Å². The molecule has 1 aromatic carbocycles. The zero-order valence-corrected chi connectivity index (χ0v) is 9.66. The summed E-state index contributed by atoms with van der Waals surface area (Å²) in [6, 6.07) is 5.07. The summed E-state index contributed by atoms with van der Waals surface area (Å²) < 4.78 is 0. The predicted octanol–water partition coefficient (Wildman–Crippen LogP) is 2.55. The Hall–Kier alpha value is -1.51. The van der Waals surface area contributed by atoms with Crippen molar-refractivity contribution in [1.29, 1.82) is 0 Å². The molecule has 0 unspecified atom stereocenters. The van der Waals surface area contributed by atoms with Crippen LogP contribution in [0.15, 0.2) is 18.2 Å². The van der Waals surface area contributed by atoms with Gasteiger partial charge in [0.2, 0.25) is 5.91 Å². The summed E-state index contributed by atoms with van der Waals surface area (Å²) in [6.45, 7) is 4.09. The van der Waals surface area contributed by atoms with Crippen LogP contribution in [0, 0.1) is 11.8 Å². The van der Waals surface area contributed by atoms with Crippen LogP contribution in [0.1, 0.15) is 25.8 Å². The van der Waals surface area contributed by atoms with E-state index in [1.54, 1.807) is 18.2 Å². The fraction of sp³-hybridized carbons (Fsp3) is 0.462. The molecule has 3 heteroatoms. The number of aryl methyl sites for hydroxylation is 1. The van der Waals surface area contributed by atoms with E-state index in [9.17, 15) is 9.90 Å². The number of hydrogen-bond acceptors (Lipinski definition) is 2. The normalized spacial score (nSPS) is 22.9. The molecule has 2 N–H and O–H groups in total. The molecule has 3 nitrogen and oxygen atoms in total. The molecule has 1 aliphatic rings. The molecule has 1 amide bonds. The third kappa shape index (κ3) is 2.18. The molecular weight excluding hydrogens is 202 g/mol. The number of rotatable bonds is 3. The smallest absolute Gasteiger partial charge is 0.227 e. The minimum absolute atomic E-state index is 0.105. The van der Waals surface area contributed by atoms with Crippen molar-refractivity contribution in [2.75, 3.05) is 5.32 Å². The highest BCUT2D eigenvalue weighted by Gasteiger charge is 2.39. The van der Waals surface area contributed by atoms with Gasteiger partial charge in [0.25, 0.3) is 0 Å². The van der Waals surface area contributed by atoms with Gasteiger partial charge < -0.3 is 10.4 Å². The van der Waals surface area contributed by atoms with E-state index in [1.807, 2.05) is 6.92 Å². The highest BCUT2D eigenvalue weighted by atomic mass is 16.3. The summed E-state index contributed by atoms with van der Waals surface area (Å²) in [5, 5.41) is 12.3. The Balaban J connectivity index is 2.11. The minimum atomic E-state index is 0.105. The molecule has 2 atom stereocenters. The standard InChI is InChI=1S/C13H17NO2/c1-3-9-7-10(15)4-5-12(9)14-13(16)11-6-8(11)2/h4-5,7-8,11,15H,3,6H2,1-2H3,(H,14,16)/t8-,11+/m1/s1. The van der Waals surface area contributed by atoms with E-state index in [0.29, 0.717) is 5.92 Å². The highest BCUT2D eigenvalue weighted by Crippen LogP contribution is 2.38. The maximum Gasteiger partial charge on any atom is 0.227 e. The minimum Gasteiger partial charge on any atom is -0.508 e. The van der Waals surface area contributed by atoms with Gasteiger partial charge in [-0.15, -0.1) is 0 Å². The first-order valence-corrected chi connectivity index (χ1v) is 5.74. The van der Waals surface area contributed by atoms with Gasteiger partial charge in [-0.25, -0.2) is 0 Å². The lowest BCUT2D eigenvalue weighted by Crippen LogP contribution is -2.15. The second-order valence-electron chi connectivity index (χ2n) is 4.50. The average molecular weight is 219 g/mol. The first-order valence-electron chi connectivity index (χ1n) is 5.74. The van der Waals surface area contributed by atoms with Gasteiger partial charge in [-0.3, -0.25) is 4.79 Å². The molecule has 0 aliphatic heterocycles. The van der Waals surface area contributed by atoms with Crippen molar-refractivity contribution in [3.8, 4) is 5.75 Å². The van der Waals surface area contributed by atoms with Gasteiger partial charge in [-0.2, -0.15) is 0 Å². The number of phenols is 1. The number of nitrogens with one attached hydrogen (secondary N) is 1. The lowest BCUT2D eigenvalue weighted by molar-refractivity contribution is -0.117. The van der Waals surface area contributed by atoms with E-state index >= 15 is 0 Å². The van der Waals surface area contributed by atoms with Crippen LogP contribution in [0.4, 0.5) is 5.69 Å². The maximum absolute atomic E-state index is 11.8. The first kappa shape index (κ1) is 11.0. The molecule has 1 saturated carbocycles. The van der Waals surface area contributed by atoms with Gasteiger partial charge in [0, 0.05) is 11.6 Å². The summed E-state index contributed by atoms with van der Waals surface area (Å²) in [5.41, 5.74) is 1.80. The van der Waals surface area contributed by atoms with Crippen molar-refractivity contribution in [3.63, 3.8) is 0 Å². The van der Waals surface area contributed by atoms with Gasteiger partial charge in [-0.1, -0.05) is 13.8 Å². The monoisotopic (exact) mass is 219 g/mol. The van der Waals surface area contributed by atoms with Crippen LogP contribution in [0.2, 0.25) is 0 Å². The van der Waals surface area contributed by atoms with E-state index in [-0.39, 0.29) is 17.6 Å². The average Bonchev–Trinajstić information content (AvgIpc) is 2.98.